The average molecular weight is 229 g/mol. The van der Waals surface area contributed by atoms with Crippen LogP contribution in [0.2, 0.25) is 0 Å². The van der Waals surface area contributed by atoms with E-state index in [1.807, 2.05) is 18.2 Å². The van der Waals surface area contributed by atoms with E-state index in [4.69, 9.17) is 10.00 Å². The second kappa shape index (κ2) is 5.49. The lowest BCUT2D eigenvalue weighted by Gasteiger charge is -2.22. The molecular weight excluding hydrogens is 214 g/mol. The van der Waals surface area contributed by atoms with Gasteiger partial charge in [0.2, 0.25) is 0 Å². The second-order valence-electron chi connectivity index (χ2n) is 4.41. The van der Waals surface area contributed by atoms with Gasteiger partial charge >= 0.3 is 5.97 Å². The predicted molar refractivity (Wildman–Crippen MR) is 63.1 cm³/mol. The van der Waals surface area contributed by atoms with Crippen LogP contribution in [0.5, 0.6) is 5.75 Å². The Labute approximate surface area is 101 Å². The molecule has 1 aliphatic carbocycles. The summed E-state index contributed by atoms with van der Waals surface area (Å²) < 4.78 is 5.30. The van der Waals surface area contributed by atoms with Crippen LogP contribution in [-0.2, 0) is 4.79 Å². The topological polar surface area (TPSA) is 50.1 Å². The van der Waals surface area contributed by atoms with Crippen molar-refractivity contribution in [2.45, 2.75) is 25.7 Å². The van der Waals surface area contributed by atoms with Gasteiger partial charge in [0.15, 0.2) is 0 Å². The van der Waals surface area contributed by atoms with Gasteiger partial charge in [-0.05, 0) is 37.8 Å². The largest absolute Gasteiger partial charge is 0.426 e. The van der Waals surface area contributed by atoms with Gasteiger partial charge in [-0.1, -0.05) is 18.2 Å². The Bertz CT molecular complexity index is 414. The standard InChI is InChI=1S/C14H15NO2/c15-10-11-6-8-12(9-7-11)14(16)17-13-4-2-1-3-5-13/h1-5,11-12H,6-9H2/t11-,12-. The molecule has 3 heteroatoms. The van der Waals surface area contributed by atoms with E-state index in [9.17, 15) is 4.79 Å². The highest BCUT2D eigenvalue weighted by atomic mass is 16.5. The summed E-state index contributed by atoms with van der Waals surface area (Å²) in [6.45, 7) is 0. The van der Waals surface area contributed by atoms with E-state index in [1.165, 1.54) is 0 Å². The van der Waals surface area contributed by atoms with E-state index in [2.05, 4.69) is 6.07 Å². The molecule has 0 unspecified atom stereocenters. The smallest absolute Gasteiger partial charge is 0.314 e. The Morgan fingerprint density at radius 2 is 1.82 bits per heavy atom. The molecule has 2 rings (SSSR count). The van der Waals surface area contributed by atoms with Crippen molar-refractivity contribution in [2.24, 2.45) is 11.8 Å². The minimum absolute atomic E-state index is 0.0418. The lowest BCUT2D eigenvalue weighted by atomic mass is 9.83. The van der Waals surface area contributed by atoms with Crippen LogP contribution in [0.25, 0.3) is 0 Å². The van der Waals surface area contributed by atoms with E-state index in [0.29, 0.717) is 5.75 Å². The number of carbonyl (C=O) groups excluding carboxylic acids is 1. The molecular formula is C14H15NO2. The SMILES string of the molecule is N#C[C@H]1CC[C@H](C(=O)Oc2ccccc2)CC1. The molecule has 0 spiro atoms. The van der Waals surface area contributed by atoms with Crippen molar-refractivity contribution < 1.29 is 9.53 Å². The number of rotatable bonds is 2. The van der Waals surface area contributed by atoms with Crippen LogP contribution in [0, 0.1) is 23.2 Å². The van der Waals surface area contributed by atoms with Crippen molar-refractivity contribution in [3.8, 4) is 11.8 Å². The van der Waals surface area contributed by atoms with E-state index in [-0.39, 0.29) is 17.8 Å². The van der Waals surface area contributed by atoms with Crippen molar-refractivity contribution in [3.63, 3.8) is 0 Å². The molecule has 0 atom stereocenters. The first-order chi connectivity index (χ1) is 8.29. The lowest BCUT2D eigenvalue weighted by molar-refractivity contribution is -0.140. The third-order valence-corrected chi connectivity index (χ3v) is 3.20. The van der Waals surface area contributed by atoms with Gasteiger partial charge in [0.05, 0.1) is 12.0 Å². The molecule has 3 nitrogen and oxygen atoms in total. The summed E-state index contributed by atoms with van der Waals surface area (Å²) in [5.74, 6) is 0.517. The number of hydrogen-bond acceptors (Lipinski definition) is 3. The van der Waals surface area contributed by atoms with Crippen molar-refractivity contribution >= 4 is 5.97 Å². The summed E-state index contributed by atoms with van der Waals surface area (Å²) in [6, 6.07) is 11.4. The first-order valence-electron chi connectivity index (χ1n) is 5.96. The zero-order valence-electron chi connectivity index (χ0n) is 9.63. The van der Waals surface area contributed by atoms with Gasteiger partial charge in [0.1, 0.15) is 5.75 Å². The average Bonchev–Trinajstić information content (AvgIpc) is 2.40. The van der Waals surface area contributed by atoms with E-state index >= 15 is 0 Å². The normalized spacial score (nSPS) is 23.7. The molecule has 0 saturated heterocycles. The van der Waals surface area contributed by atoms with Crippen LogP contribution in [0.4, 0.5) is 0 Å². The molecule has 0 aliphatic heterocycles. The van der Waals surface area contributed by atoms with Gasteiger partial charge in [-0.3, -0.25) is 4.79 Å². The predicted octanol–water partition coefficient (Wildman–Crippen LogP) is 2.92. The van der Waals surface area contributed by atoms with Crippen LogP contribution < -0.4 is 4.74 Å². The molecule has 1 aliphatic rings. The summed E-state index contributed by atoms with van der Waals surface area (Å²) in [4.78, 5) is 11.9. The first-order valence-corrected chi connectivity index (χ1v) is 5.96. The number of carbonyl (C=O) groups is 1. The third-order valence-electron chi connectivity index (χ3n) is 3.20. The summed E-state index contributed by atoms with van der Waals surface area (Å²) in [6.07, 6.45) is 3.16. The number of nitriles is 1. The molecule has 0 amide bonds. The van der Waals surface area contributed by atoms with Gasteiger partial charge in [-0.25, -0.2) is 0 Å². The van der Waals surface area contributed by atoms with Crippen molar-refractivity contribution in [2.75, 3.05) is 0 Å². The highest BCUT2D eigenvalue weighted by molar-refractivity contribution is 5.75. The Hall–Kier alpha value is -1.82. The van der Waals surface area contributed by atoms with Crippen LogP contribution >= 0.6 is 0 Å². The molecule has 17 heavy (non-hydrogen) atoms. The molecule has 0 aromatic heterocycles. The maximum atomic E-state index is 11.9. The van der Waals surface area contributed by atoms with Crippen LogP contribution in [0.1, 0.15) is 25.7 Å². The maximum Gasteiger partial charge on any atom is 0.314 e. The van der Waals surface area contributed by atoms with E-state index < -0.39 is 0 Å². The quantitative estimate of drug-likeness (QED) is 0.578. The van der Waals surface area contributed by atoms with E-state index in [1.54, 1.807) is 12.1 Å². The summed E-state index contributed by atoms with van der Waals surface area (Å²) >= 11 is 0. The Morgan fingerprint density at radius 1 is 1.18 bits per heavy atom. The van der Waals surface area contributed by atoms with Crippen molar-refractivity contribution in [3.05, 3.63) is 30.3 Å². The molecule has 88 valence electrons. The molecule has 0 N–H and O–H groups in total. The molecule has 1 fully saturated rings. The summed E-state index contributed by atoms with van der Waals surface area (Å²) in [5.41, 5.74) is 0. The minimum atomic E-state index is -0.160. The fourth-order valence-electron chi connectivity index (χ4n) is 2.15. The molecule has 1 aromatic carbocycles. The van der Waals surface area contributed by atoms with Crippen molar-refractivity contribution in [1.82, 2.24) is 0 Å². The number of benzene rings is 1. The summed E-state index contributed by atoms with van der Waals surface area (Å²) in [5, 5.41) is 8.78. The number of hydrogen-bond donors (Lipinski definition) is 0. The van der Waals surface area contributed by atoms with Gasteiger partial charge in [0, 0.05) is 5.92 Å². The molecule has 1 aromatic rings. The molecule has 1 saturated carbocycles. The van der Waals surface area contributed by atoms with Crippen molar-refractivity contribution in [1.29, 1.82) is 5.26 Å². The van der Waals surface area contributed by atoms with E-state index in [0.717, 1.165) is 25.7 Å². The molecule has 0 heterocycles. The number of para-hydroxylation sites is 1. The third kappa shape index (κ3) is 3.07. The van der Waals surface area contributed by atoms with Crippen LogP contribution in [-0.4, -0.2) is 5.97 Å². The fraction of sp³-hybridized carbons (Fsp3) is 0.429. The number of ether oxygens (including phenoxy) is 1. The van der Waals surface area contributed by atoms with Crippen LogP contribution in [0.3, 0.4) is 0 Å². The first kappa shape index (κ1) is 11.7. The fourth-order valence-corrected chi connectivity index (χ4v) is 2.15. The van der Waals surface area contributed by atoms with Gasteiger partial charge in [0.25, 0.3) is 0 Å². The van der Waals surface area contributed by atoms with Gasteiger partial charge in [-0.2, -0.15) is 5.26 Å². The highest BCUT2D eigenvalue weighted by Gasteiger charge is 2.27. The Morgan fingerprint density at radius 3 is 2.41 bits per heavy atom. The summed E-state index contributed by atoms with van der Waals surface area (Å²) in [7, 11) is 0. The Balaban J connectivity index is 1.88. The second-order valence-corrected chi connectivity index (χ2v) is 4.41. The maximum absolute atomic E-state index is 11.9. The van der Waals surface area contributed by atoms with Gasteiger partial charge < -0.3 is 4.74 Å². The highest BCUT2D eigenvalue weighted by Crippen LogP contribution is 2.29. The minimum Gasteiger partial charge on any atom is -0.426 e. The Kier molecular flexibility index (Phi) is 3.77. The zero-order valence-corrected chi connectivity index (χ0v) is 9.63. The van der Waals surface area contributed by atoms with Gasteiger partial charge in [-0.15, -0.1) is 0 Å². The number of nitrogens with zero attached hydrogens (tertiary/aromatic N) is 1. The molecule has 0 radical (unpaired) electrons. The molecule has 0 bridgehead atoms. The lowest BCUT2D eigenvalue weighted by Crippen LogP contribution is -2.25. The zero-order chi connectivity index (χ0) is 12.1. The van der Waals surface area contributed by atoms with Crippen LogP contribution in [0.15, 0.2) is 30.3 Å². The number of esters is 1. The monoisotopic (exact) mass is 229 g/mol.